The Morgan fingerprint density at radius 1 is 1.11 bits per heavy atom. The van der Waals surface area contributed by atoms with Crippen LogP contribution in [0.3, 0.4) is 0 Å². The molecule has 3 heteroatoms. The SMILES string of the molecule is Cc1cc(C(=O)Cc2ccc(Cl)cc2)cc(C)n1. The molecule has 92 valence electrons. The zero-order valence-electron chi connectivity index (χ0n) is 10.4. The summed E-state index contributed by atoms with van der Waals surface area (Å²) in [6.45, 7) is 3.79. The number of halogens is 1. The Morgan fingerprint density at radius 3 is 2.22 bits per heavy atom. The first-order valence-electron chi connectivity index (χ1n) is 5.77. The molecule has 2 aromatic rings. The summed E-state index contributed by atoms with van der Waals surface area (Å²) in [5.41, 5.74) is 3.43. The molecule has 0 bridgehead atoms. The summed E-state index contributed by atoms with van der Waals surface area (Å²) in [4.78, 5) is 16.4. The molecule has 0 aliphatic carbocycles. The van der Waals surface area contributed by atoms with Gasteiger partial charge in [-0.05, 0) is 43.7 Å². The first-order valence-corrected chi connectivity index (χ1v) is 6.15. The maximum atomic E-state index is 12.1. The van der Waals surface area contributed by atoms with Crippen molar-refractivity contribution >= 4 is 17.4 Å². The second-order valence-corrected chi connectivity index (χ2v) is 4.80. The van der Waals surface area contributed by atoms with Crippen LogP contribution in [-0.4, -0.2) is 10.8 Å². The van der Waals surface area contributed by atoms with Gasteiger partial charge in [0.15, 0.2) is 5.78 Å². The average Bonchev–Trinajstić information content (AvgIpc) is 2.31. The van der Waals surface area contributed by atoms with E-state index in [1.165, 1.54) is 0 Å². The fourth-order valence-electron chi connectivity index (χ4n) is 1.89. The molecule has 0 amide bonds. The van der Waals surface area contributed by atoms with Crippen molar-refractivity contribution in [2.75, 3.05) is 0 Å². The van der Waals surface area contributed by atoms with Gasteiger partial charge in [-0.25, -0.2) is 0 Å². The van der Waals surface area contributed by atoms with E-state index in [4.69, 9.17) is 11.6 Å². The smallest absolute Gasteiger partial charge is 0.167 e. The normalized spacial score (nSPS) is 10.4. The number of aromatic nitrogens is 1. The lowest BCUT2D eigenvalue weighted by atomic mass is 10.0. The van der Waals surface area contributed by atoms with Gasteiger partial charge >= 0.3 is 0 Å². The van der Waals surface area contributed by atoms with Gasteiger partial charge in [-0.1, -0.05) is 23.7 Å². The summed E-state index contributed by atoms with van der Waals surface area (Å²) in [5, 5.41) is 0.682. The standard InChI is InChI=1S/C15H14ClNO/c1-10-7-13(8-11(2)17-10)15(18)9-12-3-5-14(16)6-4-12/h3-8H,9H2,1-2H3. The third kappa shape index (κ3) is 3.17. The van der Waals surface area contributed by atoms with Crippen LogP contribution in [0.4, 0.5) is 0 Å². The molecule has 0 unspecified atom stereocenters. The number of pyridine rings is 1. The topological polar surface area (TPSA) is 30.0 Å². The molecule has 1 aromatic carbocycles. The van der Waals surface area contributed by atoms with Crippen molar-refractivity contribution in [2.45, 2.75) is 20.3 Å². The highest BCUT2D eigenvalue weighted by Crippen LogP contribution is 2.13. The molecule has 0 saturated heterocycles. The molecule has 2 nitrogen and oxygen atoms in total. The molecule has 0 aliphatic heterocycles. The van der Waals surface area contributed by atoms with E-state index in [1.807, 2.05) is 38.1 Å². The van der Waals surface area contributed by atoms with E-state index in [2.05, 4.69) is 4.98 Å². The Bertz CT molecular complexity index is 555. The van der Waals surface area contributed by atoms with Crippen LogP contribution in [0.5, 0.6) is 0 Å². The molecule has 0 spiro atoms. The summed E-state index contributed by atoms with van der Waals surface area (Å²) >= 11 is 5.81. The van der Waals surface area contributed by atoms with Gasteiger partial charge < -0.3 is 0 Å². The number of carbonyl (C=O) groups is 1. The van der Waals surface area contributed by atoms with Crippen molar-refractivity contribution in [1.29, 1.82) is 0 Å². The van der Waals surface area contributed by atoms with E-state index >= 15 is 0 Å². The molecule has 0 atom stereocenters. The van der Waals surface area contributed by atoms with Crippen molar-refractivity contribution in [3.63, 3.8) is 0 Å². The van der Waals surface area contributed by atoms with Crippen molar-refractivity contribution < 1.29 is 4.79 Å². The quantitative estimate of drug-likeness (QED) is 0.786. The van der Waals surface area contributed by atoms with Crippen LogP contribution in [0, 0.1) is 13.8 Å². The minimum atomic E-state index is 0.103. The van der Waals surface area contributed by atoms with Gasteiger partial charge in [-0.15, -0.1) is 0 Å². The molecule has 2 rings (SSSR count). The molecule has 0 fully saturated rings. The first-order chi connectivity index (χ1) is 8.54. The van der Waals surface area contributed by atoms with Crippen LogP contribution in [0.1, 0.15) is 27.3 Å². The molecule has 0 saturated carbocycles. The molecular weight excluding hydrogens is 246 g/mol. The summed E-state index contributed by atoms with van der Waals surface area (Å²) in [6.07, 6.45) is 0.389. The minimum Gasteiger partial charge on any atom is -0.294 e. The average molecular weight is 260 g/mol. The molecular formula is C15H14ClNO. The number of nitrogens with zero attached hydrogens (tertiary/aromatic N) is 1. The number of benzene rings is 1. The van der Waals surface area contributed by atoms with Gasteiger partial charge in [-0.2, -0.15) is 0 Å². The summed E-state index contributed by atoms with van der Waals surface area (Å²) in [5.74, 6) is 0.103. The van der Waals surface area contributed by atoms with Gasteiger partial charge in [0.1, 0.15) is 0 Å². The zero-order chi connectivity index (χ0) is 13.1. The molecule has 1 aromatic heterocycles. The predicted molar refractivity (Wildman–Crippen MR) is 73.2 cm³/mol. The van der Waals surface area contributed by atoms with Crippen LogP contribution in [0.15, 0.2) is 36.4 Å². The molecule has 1 heterocycles. The number of carbonyl (C=O) groups excluding carboxylic acids is 1. The number of Topliss-reactive ketones (excluding diaryl/α,β-unsaturated/α-hetero) is 1. The van der Waals surface area contributed by atoms with E-state index in [-0.39, 0.29) is 5.78 Å². The highest BCUT2D eigenvalue weighted by molar-refractivity contribution is 6.30. The fraction of sp³-hybridized carbons (Fsp3) is 0.200. The van der Waals surface area contributed by atoms with Crippen molar-refractivity contribution in [2.24, 2.45) is 0 Å². The fourth-order valence-corrected chi connectivity index (χ4v) is 2.01. The number of hydrogen-bond acceptors (Lipinski definition) is 2. The van der Waals surface area contributed by atoms with Crippen LogP contribution in [0.2, 0.25) is 5.02 Å². The Balaban J connectivity index is 2.19. The zero-order valence-corrected chi connectivity index (χ0v) is 11.2. The van der Waals surface area contributed by atoms with Crippen LogP contribution in [0.25, 0.3) is 0 Å². The Hall–Kier alpha value is -1.67. The first kappa shape index (κ1) is 12.8. The molecule has 0 aliphatic rings. The van der Waals surface area contributed by atoms with Crippen LogP contribution in [-0.2, 0) is 6.42 Å². The van der Waals surface area contributed by atoms with E-state index in [9.17, 15) is 4.79 Å². The molecule has 0 radical (unpaired) electrons. The van der Waals surface area contributed by atoms with Gasteiger partial charge in [0.2, 0.25) is 0 Å². The number of rotatable bonds is 3. The van der Waals surface area contributed by atoms with E-state index in [0.717, 1.165) is 22.5 Å². The number of aryl methyl sites for hydroxylation is 2. The van der Waals surface area contributed by atoms with Gasteiger partial charge in [-0.3, -0.25) is 9.78 Å². The molecule has 18 heavy (non-hydrogen) atoms. The Labute approximate surface area is 112 Å². The second kappa shape index (κ2) is 5.32. The molecule has 0 N–H and O–H groups in total. The highest BCUT2D eigenvalue weighted by atomic mass is 35.5. The predicted octanol–water partition coefficient (Wildman–Crippen LogP) is 3.78. The van der Waals surface area contributed by atoms with Crippen molar-refractivity contribution in [3.8, 4) is 0 Å². The van der Waals surface area contributed by atoms with E-state index in [0.29, 0.717) is 11.4 Å². The van der Waals surface area contributed by atoms with Crippen molar-refractivity contribution in [1.82, 2.24) is 4.98 Å². The van der Waals surface area contributed by atoms with Gasteiger partial charge in [0.25, 0.3) is 0 Å². The van der Waals surface area contributed by atoms with Crippen molar-refractivity contribution in [3.05, 3.63) is 63.9 Å². The maximum Gasteiger partial charge on any atom is 0.167 e. The van der Waals surface area contributed by atoms with Crippen LogP contribution < -0.4 is 0 Å². The third-order valence-corrected chi connectivity index (χ3v) is 2.93. The minimum absolute atomic E-state index is 0.103. The highest BCUT2D eigenvalue weighted by Gasteiger charge is 2.08. The number of hydrogen-bond donors (Lipinski definition) is 0. The summed E-state index contributed by atoms with van der Waals surface area (Å²) < 4.78 is 0. The largest absolute Gasteiger partial charge is 0.294 e. The maximum absolute atomic E-state index is 12.1. The monoisotopic (exact) mass is 259 g/mol. The second-order valence-electron chi connectivity index (χ2n) is 4.37. The van der Waals surface area contributed by atoms with E-state index in [1.54, 1.807) is 12.1 Å². The Kier molecular flexibility index (Phi) is 3.78. The van der Waals surface area contributed by atoms with Gasteiger partial charge in [0.05, 0.1) is 0 Å². The van der Waals surface area contributed by atoms with Gasteiger partial charge in [0, 0.05) is 28.4 Å². The summed E-state index contributed by atoms with van der Waals surface area (Å²) in [7, 11) is 0. The number of ketones is 1. The summed E-state index contributed by atoms with van der Waals surface area (Å²) in [6, 6.07) is 11.0. The lowest BCUT2D eigenvalue weighted by molar-refractivity contribution is 0.0992. The Morgan fingerprint density at radius 2 is 1.67 bits per heavy atom. The van der Waals surface area contributed by atoms with Crippen LogP contribution >= 0.6 is 11.6 Å². The third-order valence-electron chi connectivity index (χ3n) is 2.68. The lowest BCUT2D eigenvalue weighted by Crippen LogP contribution is -2.05. The lowest BCUT2D eigenvalue weighted by Gasteiger charge is -2.04. The van der Waals surface area contributed by atoms with E-state index < -0.39 is 0 Å².